The van der Waals surface area contributed by atoms with E-state index in [9.17, 15) is 4.79 Å². The van der Waals surface area contributed by atoms with Crippen LogP contribution in [-0.4, -0.2) is 10.8 Å². The van der Waals surface area contributed by atoms with Crippen LogP contribution in [0.25, 0.3) is 10.9 Å². The second-order valence-electron chi connectivity index (χ2n) is 4.37. The average Bonchev–Trinajstić information content (AvgIpc) is 2.45. The Morgan fingerprint density at radius 2 is 1.65 bits per heavy atom. The maximum Gasteiger partial charge on any atom is 0.195 e. The van der Waals surface area contributed by atoms with Gasteiger partial charge in [0.25, 0.3) is 0 Å². The Balaban J connectivity index is 2.17. The van der Waals surface area contributed by atoms with Crippen LogP contribution in [0.5, 0.6) is 0 Å². The summed E-state index contributed by atoms with van der Waals surface area (Å²) in [5.74, 6) is -0.140. The molecule has 0 bridgehead atoms. The standard InChI is InChI=1S/C16H9Cl2NO/c17-12-7-11(8-13(18)9-12)16(20)14-5-1-3-10-4-2-6-19-15(10)14/h1-9H. The number of aromatic nitrogens is 1. The van der Waals surface area contributed by atoms with Crippen molar-refractivity contribution < 1.29 is 4.79 Å². The highest BCUT2D eigenvalue weighted by molar-refractivity contribution is 6.35. The van der Waals surface area contributed by atoms with E-state index in [2.05, 4.69) is 4.98 Å². The minimum Gasteiger partial charge on any atom is -0.289 e. The van der Waals surface area contributed by atoms with E-state index in [4.69, 9.17) is 23.2 Å². The molecule has 0 aliphatic carbocycles. The fourth-order valence-electron chi connectivity index (χ4n) is 2.13. The van der Waals surface area contributed by atoms with Crippen LogP contribution in [-0.2, 0) is 0 Å². The first-order chi connectivity index (χ1) is 9.65. The zero-order valence-electron chi connectivity index (χ0n) is 10.3. The molecule has 0 fully saturated rings. The van der Waals surface area contributed by atoms with Crippen molar-refractivity contribution in [2.75, 3.05) is 0 Å². The summed E-state index contributed by atoms with van der Waals surface area (Å²) in [6, 6.07) is 14.1. The molecular weight excluding hydrogens is 293 g/mol. The molecule has 0 saturated heterocycles. The first-order valence-electron chi connectivity index (χ1n) is 6.00. The summed E-state index contributed by atoms with van der Waals surface area (Å²) >= 11 is 11.9. The van der Waals surface area contributed by atoms with Crippen LogP contribution in [0.1, 0.15) is 15.9 Å². The summed E-state index contributed by atoms with van der Waals surface area (Å²) in [4.78, 5) is 16.9. The first-order valence-corrected chi connectivity index (χ1v) is 6.75. The number of ketones is 1. The lowest BCUT2D eigenvalue weighted by molar-refractivity contribution is 0.104. The van der Waals surface area contributed by atoms with Crippen LogP contribution < -0.4 is 0 Å². The molecule has 0 aliphatic rings. The predicted octanol–water partition coefficient (Wildman–Crippen LogP) is 4.77. The van der Waals surface area contributed by atoms with E-state index >= 15 is 0 Å². The van der Waals surface area contributed by atoms with Crippen LogP contribution >= 0.6 is 23.2 Å². The monoisotopic (exact) mass is 301 g/mol. The van der Waals surface area contributed by atoms with Gasteiger partial charge in [-0.05, 0) is 30.3 Å². The number of pyridine rings is 1. The number of halogens is 2. The van der Waals surface area contributed by atoms with Crippen molar-refractivity contribution in [2.45, 2.75) is 0 Å². The molecule has 2 aromatic carbocycles. The first kappa shape index (κ1) is 13.1. The van der Waals surface area contributed by atoms with Crippen LogP contribution in [0.3, 0.4) is 0 Å². The average molecular weight is 302 g/mol. The second kappa shape index (κ2) is 5.23. The molecule has 1 aromatic heterocycles. The molecule has 0 amide bonds. The van der Waals surface area contributed by atoms with Crippen molar-refractivity contribution in [3.05, 3.63) is 75.9 Å². The molecule has 20 heavy (non-hydrogen) atoms. The summed E-state index contributed by atoms with van der Waals surface area (Å²) in [5, 5.41) is 1.80. The highest BCUT2D eigenvalue weighted by Crippen LogP contribution is 2.24. The fraction of sp³-hybridized carbons (Fsp3) is 0. The van der Waals surface area contributed by atoms with E-state index in [1.807, 2.05) is 24.3 Å². The number of fused-ring (bicyclic) bond motifs is 1. The molecule has 0 saturated carbocycles. The van der Waals surface area contributed by atoms with Gasteiger partial charge >= 0.3 is 0 Å². The Hall–Kier alpha value is -1.90. The smallest absolute Gasteiger partial charge is 0.195 e. The zero-order chi connectivity index (χ0) is 14.1. The van der Waals surface area contributed by atoms with Gasteiger partial charge in [0, 0.05) is 32.8 Å². The molecule has 0 radical (unpaired) electrons. The van der Waals surface area contributed by atoms with Gasteiger partial charge in [-0.25, -0.2) is 0 Å². The number of para-hydroxylation sites is 1. The Morgan fingerprint density at radius 1 is 0.950 bits per heavy atom. The quantitative estimate of drug-likeness (QED) is 0.638. The maximum absolute atomic E-state index is 12.6. The number of rotatable bonds is 2. The minimum atomic E-state index is -0.140. The van der Waals surface area contributed by atoms with Gasteiger partial charge in [0.1, 0.15) is 0 Å². The molecule has 3 rings (SSSR count). The number of carbonyl (C=O) groups is 1. The Kier molecular flexibility index (Phi) is 3.43. The third-order valence-electron chi connectivity index (χ3n) is 3.00. The van der Waals surface area contributed by atoms with Crippen molar-refractivity contribution >= 4 is 39.9 Å². The van der Waals surface area contributed by atoms with Gasteiger partial charge in [-0.15, -0.1) is 0 Å². The third-order valence-corrected chi connectivity index (χ3v) is 3.44. The lowest BCUT2D eigenvalue weighted by Crippen LogP contribution is -2.03. The molecule has 0 aliphatic heterocycles. The van der Waals surface area contributed by atoms with E-state index in [1.165, 1.54) is 0 Å². The highest BCUT2D eigenvalue weighted by Gasteiger charge is 2.14. The molecule has 4 heteroatoms. The van der Waals surface area contributed by atoms with Gasteiger partial charge < -0.3 is 0 Å². The lowest BCUT2D eigenvalue weighted by atomic mass is 10.0. The van der Waals surface area contributed by atoms with Crippen molar-refractivity contribution in [3.8, 4) is 0 Å². The minimum absolute atomic E-state index is 0.140. The Morgan fingerprint density at radius 3 is 2.40 bits per heavy atom. The number of benzene rings is 2. The summed E-state index contributed by atoms with van der Waals surface area (Å²) in [6.07, 6.45) is 1.67. The van der Waals surface area contributed by atoms with E-state index in [1.54, 1.807) is 30.5 Å². The predicted molar refractivity (Wildman–Crippen MR) is 81.6 cm³/mol. The second-order valence-corrected chi connectivity index (χ2v) is 5.24. The molecule has 0 unspecified atom stereocenters. The van der Waals surface area contributed by atoms with Crippen LogP contribution in [0.4, 0.5) is 0 Å². The Bertz CT molecular complexity index is 789. The number of carbonyl (C=O) groups excluding carboxylic acids is 1. The highest BCUT2D eigenvalue weighted by atomic mass is 35.5. The molecule has 0 atom stereocenters. The Labute approximate surface area is 126 Å². The molecule has 0 spiro atoms. The van der Waals surface area contributed by atoms with Crippen molar-refractivity contribution in [1.82, 2.24) is 4.98 Å². The topological polar surface area (TPSA) is 30.0 Å². The molecule has 3 aromatic rings. The largest absolute Gasteiger partial charge is 0.289 e. The van der Waals surface area contributed by atoms with Crippen molar-refractivity contribution in [2.24, 2.45) is 0 Å². The van der Waals surface area contributed by atoms with Gasteiger partial charge in [0.15, 0.2) is 5.78 Å². The van der Waals surface area contributed by atoms with Gasteiger partial charge in [0.05, 0.1) is 5.52 Å². The summed E-state index contributed by atoms with van der Waals surface area (Å²) in [7, 11) is 0. The van der Waals surface area contributed by atoms with Crippen LogP contribution in [0.2, 0.25) is 10.0 Å². The molecular formula is C16H9Cl2NO. The van der Waals surface area contributed by atoms with E-state index < -0.39 is 0 Å². The molecule has 2 nitrogen and oxygen atoms in total. The van der Waals surface area contributed by atoms with Crippen LogP contribution in [0, 0.1) is 0 Å². The van der Waals surface area contributed by atoms with Gasteiger partial charge in [-0.1, -0.05) is 41.4 Å². The summed E-state index contributed by atoms with van der Waals surface area (Å²) < 4.78 is 0. The van der Waals surface area contributed by atoms with Gasteiger partial charge in [-0.2, -0.15) is 0 Å². The summed E-state index contributed by atoms with van der Waals surface area (Å²) in [5.41, 5.74) is 1.68. The summed E-state index contributed by atoms with van der Waals surface area (Å²) in [6.45, 7) is 0. The maximum atomic E-state index is 12.6. The number of nitrogens with zero attached hydrogens (tertiary/aromatic N) is 1. The van der Waals surface area contributed by atoms with Crippen molar-refractivity contribution in [1.29, 1.82) is 0 Å². The van der Waals surface area contributed by atoms with E-state index in [-0.39, 0.29) is 5.78 Å². The molecule has 98 valence electrons. The molecule has 1 heterocycles. The van der Waals surface area contributed by atoms with Crippen LogP contribution in [0.15, 0.2) is 54.7 Å². The number of hydrogen-bond donors (Lipinski definition) is 0. The van der Waals surface area contributed by atoms with Gasteiger partial charge in [0.2, 0.25) is 0 Å². The van der Waals surface area contributed by atoms with Gasteiger partial charge in [-0.3, -0.25) is 9.78 Å². The number of hydrogen-bond acceptors (Lipinski definition) is 2. The van der Waals surface area contributed by atoms with E-state index in [0.717, 1.165) is 5.39 Å². The fourth-order valence-corrected chi connectivity index (χ4v) is 2.65. The zero-order valence-corrected chi connectivity index (χ0v) is 11.8. The third kappa shape index (κ3) is 2.40. The SMILES string of the molecule is O=C(c1cc(Cl)cc(Cl)c1)c1cccc2cccnc12. The van der Waals surface area contributed by atoms with E-state index in [0.29, 0.717) is 26.7 Å². The molecule has 0 N–H and O–H groups in total. The van der Waals surface area contributed by atoms with Crippen molar-refractivity contribution in [3.63, 3.8) is 0 Å². The normalized spacial score (nSPS) is 10.7. The lowest BCUT2D eigenvalue weighted by Gasteiger charge is -2.06.